The van der Waals surface area contributed by atoms with Gasteiger partial charge in [-0.2, -0.15) is 0 Å². The van der Waals surface area contributed by atoms with Gasteiger partial charge in [0.05, 0.1) is 19.0 Å². The highest BCUT2D eigenvalue weighted by Gasteiger charge is 2.28. The molecule has 6 heteroatoms. The van der Waals surface area contributed by atoms with E-state index >= 15 is 0 Å². The highest BCUT2D eigenvalue weighted by Crippen LogP contribution is 2.29. The summed E-state index contributed by atoms with van der Waals surface area (Å²) in [6.07, 6.45) is 1.65. The molecule has 0 N–H and O–H groups in total. The van der Waals surface area contributed by atoms with Crippen molar-refractivity contribution >= 4 is 11.6 Å². The Hall–Kier alpha value is -2.96. The van der Waals surface area contributed by atoms with Gasteiger partial charge in [0.1, 0.15) is 0 Å². The van der Waals surface area contributed by atoms with E-state index in [0.717, 1.165) is 54.6 Å². The Bertz CT molecular complexity index is 1170. The molecule has 0 aliphatic carbocycles. The summed E-state index contributed by atoms with van der Waals surface area (Å²) >= 11 is 0. The molecular formula is C27H35N5O. The van der Waals surface area contributed by atoms with Crippen molar-refractivity contribution in [2.45, 2.75) is 40.3 Å². The van der Waals surface area contributed by atoms with Gasteiger partial charge >= 0.3 is 0 Å². The molecule has 0 spiro atoms. The molecule has 0 atom stereocenters. The van der Waals surface area contributed by atoms with Crippen molar-refractivity contribution in [2.24, 2.45) is 0 Å². The van der Waals surface area contributed by atoms with Gasteiger partial charge in [-0.1, -0.05) is 36.4 Å². The number of hydrogen-bond donors (Lipinski definition) is 0. The lowest BCUT2D eigenvalue weighted by Crippen LogP contribution is -2.48. The summed E-state index contributed by atoms with van der Waals surface area (Å²) in [7, 11) is 4.19. The second kappa shape index (κ2) is 9.89. The van der Waals surface area contributed by atoms with Crippen LogP contribution in [0.2, 0.25) is 0 Å². The van der Waals surface area contributed by atoms with Gasteiger partial charge in [-0.25, -0.2) is 4.98 Å². The molecule has 0 saturated heterocycles. The van der Waals surface area contributed by atoms with E-state index in [2.05, 4.69) is 73.0 Å². The number of fused-ring (bicyclic) bond motifs is 1. The first kappa shape index (κ1) is 23.2. The second-order valence-electron chi connectivity index (χ2n) is 9.40. The maximum atomic E-state index is 13.7. The first-order chi connectivity index (χ1) is 15.8. The molecule has 4 rings (SSSR count). The van der Waals surface area contributed by atoms with Gasteiger partial charge in [0, 0.05) is 24.2 Å². The van der Waals surface area contributed by atoms with Gasteiger partial charge in [-0.15, -0.1) is 0 Å². The molecule has 1 aliphatic rings. The fourth-order valence-corrected chi connectivity index (χ4v) is 4.37. The van der Waals surface area contributed by atoms with E-state index in [-0.39, 0.29) is 5.56 Å². The molecule has 174 valence electrons. The summed E-state index contributed by atoms with van der Waals surface area (Å²) in [5.74, 6) is 0.737. The molecule has 0 fully saturated rings. The van der Waals surface area contributed by atoms with E-state index in [9.17, 15) is 4.79 Å². The summed E-state index contributed by atoms with van der Waals surface area (Å²) < 4.78 is 1.86. The maximum Gasteiger partial charge on any atom is 0.259 e. The van der Waals surface area contributed by atoms with Gasteiger partial charge in [0.15, 0.2) is 0 Å². The normalized spacial score (nSPS) is 14.1. The topological polar surface area (TPSA) is 44.6 Å². The summed E-state index contributed by atoms with van der Waals surface area (Å²) in [5.41, 5.74) is 6.36. The fraction of sp³-hybridized carbons (Fsp3) is 0.407. The van der Waals surface area contributed by atoms with Crippen LogP contribution < -0.4 is 10.5 Å². The first-order valence-corrected chi connectivity index (χ1v) is 11.7. The number of nitrogens with zero attached hydrogens (tertiary/aromatic N) is 5. The molecule has 2 aromatic carbocycles. The minimum atomic E-state index is 0.0625. The molecule has 0 bridgehead atoms. The molecule has 1 aliphatic heterocycles. The van der Waals surface area contributed by atoms with E-state index in [1.54, 1.807) is 0 Å². The monoisotopic (exact) mass is 445 g/mol. The molecule has 1 aromatic heterocycles. The Morgan fingerprint density at radius 3 is 2.42 bits per heavy atom. The average Bonchev–Trinajstić information content (AvgIpc) is 2.79. The van der Waals surface area contributed by atoms with Gasteiger partial charge < -0.3 is 4.90 Å². The van der Waals surface area contributed by atoms with Gasteiger partial charge in [-0.05, 0) is 76.7 Å². The zero-order valence-corrected chi connectivity index (χ0v) is 20.5. The predicted molar refractivity (Wildman–Crippen MR) is 135 cm³/mol. The van der Waals surface area contributed by atoms with Crippen molar-refractivity contribution in [1.82, 2.24) is 19.4 Å². The van der Waals surface area contributed by atoms with Crippen molar-refractivity contribution < 1.29 is 0 Å². The van der Waals surface area contributed by atoms with Crippen LogP contribution in [0.25, 0.3) is 0 Å². The van der Waals surface area contributed by atoms with Crippen LogP contribution in [0, 0.1) is 20.8 Å². The minimum absolute atomic E-state index is 0.0625. The van der Waals surface area contributed by atoms with Crippen molar-refractivity contribution in [1.29, 1.82) is 0 Å². The summed E-state index contributed by atoms with van der Waals surface area (Å²) in [4.78, 5) is 25.4. The van der Waals surface area contributed by atoms with E-state index in [1.807, 2.05) is 29.7 Å². The van der Waals surface area contributed by atoms with Crippen molar-refractivity contribution in [2.75, 3.05) is 38.8 Å². The second-order valence-corrected chi connectivity index (χ2v) is 9.40. The van der Waals surface area contributed by atoms with Crippen LogP contribution in [0.15, 0.2) is 53.3 Å². The summed E-state index contributed by atoms with van der Waals surface area (Å²) in [6.45, 7) is 9.45. The fourth-order valence-electron chi connectivity index (χ4n) is 4.37. The Morgan fingerprint density at radius 2 is 1.73 bits per heavy atom. The van der Waals surface area contributed by atoms with Gasteiger partial charge in [-0.3, -0.25) is 19.2 Å². The molecule has 33 heavy (non-hydrogen) atoms. The predicted octanol–water partition coefficient (Wildman–Crippen LogP) is 4.08. The van der Waals surface area contributed by atoms with Crippen LogP contribution in [0.4, 0.5) is 11.6 Å². The quantitative estimate of drug-likeness (QED) is 0.548. The third kappa shape index (κ3) is 5.18. The molecule has 3 aromatic rings. The maximum absolute atomic E-state index is 13.7. The zero-order chi connectivity index (χ0) is 23.5. The molecule has 2 heterocycles. The number of benzene rings is 2. The number of aromatic nitrogens is 2. The smallest absolute Gasteiger partial charge is 0.259 e. The summed E-state index contributed by atoms with van der Waals surface area (Å²) in [6, 6.07) is 16.6. The van der Waals surface area contributed by atoms with E-state index in [0.29, 0.717) is 13.1 Å². The zero-order valence-electron chi connectivity index (χ0n) is 20.5. The van der Waals surface area contributed by atoms with Crippen molar-refractivity contribution in [3.05, 3.63) is 86.8 Å². The van der Waals surface area contributed by atoms with Crippen LogP contribution in [0.3, 0.4) is 0 Å². The van der Waals surface area contributed by atoms with Crippen LogP contribution >= 0.6 is 0 Å². The minimum Gasteiger partial charge on any atom is -0.309 e. The number of rotatable bonds is 7. The lowest BCUT2D eigenvalue weighted by molar-refractivity contribution is 0.189. The van der Waals surface area contributed by atoms with Crippen molar-refractivity contribution in [3.8, 4) is 0 Å². The van der Waals surface area contributed by atoms with Crippen LogP contribution in [-0.4, -0.2) is 53.2 Å². The van der Waals surface area contributed by atoms with Crippen LogP contribution in [0.5, 0.6) is 0 Å². The highest BCUT2D eigenvalue weighted by atomic mass is 16.1. The molecule has 0 radical (unpaired) electrons. The Balaban J connectivity index is 1.74. The Kier molecular flexibility index (Phi) is 6.96. The third-order valence-corrected chi connectivity index (χ3v) is 6.48. The Morgan fingerprint density at radius 1 is 0.970 bits per heavy atom. The third-order valence-electron chi connectivity index (χ3n) is 6.48. The molecular weight excluding hydrogens is 410 g/mol. The summed E-state index contributed by atoms with van der Waals surface area (Å²) in [5, 5.41) is 0. The number of anilines is 2. The molecule has 0 amide bonds. The lowest BCUT2D eigenvalue weighted by atomic mass is 10.0. The van der Waals surface area contributed by atoms with Gasteiger partial charge in [0.2, 0.25) is 5.95 Å². The van der Waals surface area contributed by atoms with Gasteiger partial charge in [0.25, 0.3) is 5.56 Å². The SMILES string of the molecule is Cc1ccc(N2CN(CCCN(C)C)Cn3c2nc(C)c(Cc2ccccc2)c3=O)cc1C. The molecule has 0 saturated carbocycles. The highest BCUT2D eigenvalue weighted by molar-refractivity contribution is 5.60. The van der Waals surface area contributed by atoms with E-state index in [1.165, 1.54) is 11.1 Å². The van der Waals surface area contributed by atoms with Crippen LogP contribution in [0.1, 0.15) is 34.4 Å². The molecule has 0 unspecified atom stereocenters. The van der Waals surface area contributed by atoms with Crippen LogP contribution in [-0.2, 0) is 13.1 Å². The first-order valence-electron chi connectivity index (χ1n) is 11.7. The number of aryl methyl sites for hydroxylation is 3. The standard InChI is InChI=1S/C27H35N5O/c1-20-12-13-24(16-21(20)2)31-18-30(15-9-14-29(4)5)19-32-26(33)25(22(3)28-27(31)32)17-23-10-7-6-8-11-23/h6-8,10-13,16H,9,14-15,17-19H2,1-5H3. The van der Waals surface area contributed by atoms with Crippen molar-refractivity contribution in [3.63, 3.8) is 0 Å². The average molecular weight is 446 g/mol. The number of hydrogen-bond acceptors (Lipinski definition) is 5. The van der Waals surface area contributed by atoms with E-state index in [4.69, 9.17) is 4.98 Å². The Labute approximate surface area is 197 Å². The molecule has 6 nitrogen and oxygen atoms in total. The largest absolute Gasteiger partial charge is 0.309 e. The van der Waals surface area contributed by atoms with E-state index < -0.39 is 0 Å². The lowest BCUT2D eigenvalue weighted by Gasteiger charge is -2.38.